The highest BCUT2D eigenvalue weighted by molar-refractivity contribution is 4.88. The number of ether oxygens (including phenoxy) is 1. The Balaban J connectivity index is 1.42. The highest BCUT2D eigenvalue weighted by atomic mass is 19.3. The first-order valence-electron chi connectivity index (χ1n) is 10.1. The van der Waals surface area contributed by atoms with Crippen molar-refractivity contribution in [2.75, 3.05) is 0 Å². The molecule has 4 heteroatoms. The van der Waals surface area contributed by atoms with Gasteiger partial charge in [-0.2, -0.15) is 8.78 Å². The second kappa shape index (κ2) is 8.42. The van der Waals surface area contributed by atoms with Gasteiger partial charge < -0.3 is 4.74 Å². The molecule has 3 unspecified atom stereocenters. The summed E-state index contributed by atoms with van der Waals surface area (Å²) in [6.45, 7) is -0.479. The number of alkyl halides is 3. The number of hydrogen-bond acceptors (Lipinski definition) is 1. The van der Waals surface area contributed by atoms with Gasteiger partial charge in [-0.05, 0) is 87.4 Å². The van der Waals surface area contributed by atoms with E-state index in [2.05, 4.69) is 11.7 Å². The van der Waals surface area contributed by atoms with Crippen LogP contribution in [-0.4, -0.2) is 18.9 Å². The zero-order chi connectivity index (χ0) is 17.1. The van der Waals surface area contributed by atoms with Crippen molar-refractivity contribution in [3.8, 4) is 0 Å². The van der Waals surface area contributed by atoms with E-state index in [1.165, 1.54) is 51.4 Å². The minimum absolute atomic E-state index is 0.379. The van der Waals surface area contributed by atoms with Gasteiger partial charge >= 0.3 is 6.61 Å². The van der Waals surface area contributed by atoms with Gasteiger partial charge in [0.1, 0.15) is 6.17 Å². The minimum Gasteiger partial charge on any atom is -0.317 e. The standard InChI is InChI=1S/C20H33F3O/c1-13-2-4-14(5-3-13)15-6-8-16(9-7-15)17-10-11-19(18(21)12-17)24-20(22)23/h13-20H,2-12H2,1H3. The maximum Gasteiger partial charge on any atom is 0.345 e. The Morgan fingerprint density at radius 1 is 0.708 bits per heavy atom. The Bertz CT molecular complexity index is 373. The molecule has 3 aliphatic rings. The third-order valence-electron chi connectivity index (χ3n) is 7.24. The summed E-state index contributed by atoms with van der Waals surface area (Å²) in [7, 11) is 0. The molecule has 0 saturated heterocycles. The number of hydrogen-bond donors (Lipinski definition) is 0. The summed E-state index contributed by atoms with van der Waals surface area (Å²) in [5, 5.41) is 0. The summed E-state index contributed by atoms with van der Waals surface area (Å²) in [6, 6.07) is 0. The lowest BCUT2D eigenvalue weighted by atomic mass is 9.65. The third-order valence-corrected chi connectivity index (χ3v) is 7.24. The quantitative estimate of drug-likeness (QED) is 0.575. The largest absolute Gasteiger partial charge is 0.345 e. The summed E-state index contributed by atoms with van der Waals surface area (Å²) in [5.74, 6) is 3.70. The van der Waals surface area contributed by atoms with Gasteiger partial charge in [0.15, 0.2) is 0 Å². The molecular weight excluding hydrogens is 313 g/mol. The summed E-state index contributed by atoms with van der Waals surface area (Å²) in [6.07, 6.45) is 10.3. The van der Waals surface area contributed by atoms with Crippen LogP contribution in [0.4, 0.5) is 13.2 Å². The maximum absolute atomic E-state index is 14.2. The molecule has 0 heterocycles. The molecule has 0 spiro atoms. The van der Waals surface area contributed by atoms with Crippen LogP contribution < -0.4 is 0 Å². The fourth-order valence-electron chi connectivity index (χ4n) is 5.68. The van der Waals surface area contributed by atoms with Crippen molar-refractivity contribution < 1.29 is 17.9 Å². The summed E-state index contributed by atoms with van der Waals surface area (Å²) in [4.78, 5) is 0. The first-order valence-corrected chi connectivity index (χ1v) is 10.1. The van der Waals surface area contributed by atoms with E-state index in [1.807, 2.05) is 0 Å². The van der Waals surface area contributed by atoms with Crippen molar-refractivity contribution in [3.63, 3.8) is 0 Å². The molecule has 0 radical (unpaired) electrons. The average Bonchev–Trinajstić information content (AvgIpc) is 2.57. The van der Waals surface area contributed by atoms with Gasteiger partial charge in [-0.3, -0.25) is 0 Å². The van der Waals surface area contributed by atoms with Crippen molar-refractivity contribution in [2.45, 2.75) is 96.4 Å². The van der Waals surface area contributed by atoms with E-state index in [0.717, 1.165) is 24.2 Å². The first-order chi connectivity index (χ1) is 11.5. The first kappa shape index (κ1) is 18.5. The van der Waals surface area contributed by atoms with E-state index in [1.54, 1.807) is 0 Å². The van der Waals surface area contributed by atoms with E-state index in [4.69, 9.17) is 0 Å². The highest BCUT2D eigenvalue weighted by Crippen LogP contribution is 2.45. The highest BCUT2D eigenvalue weighted by Gasteiger charge is 2.38. The lowest BCUT2D eigenvalue weighted by Crippen LogP contribution is -2.37. The SMILES string of the molecule is CC1CCC(C2CCC(C3CCC(OC(F)F)C(F)C3)CC2)CC1. The van der Waals surface area contributed by atoms with Gasteiger partial charge in [0.25, 0.3) is 0 Å². The molecule has 0 aromatic rings. The van der Waals surface area contributed by atoms with Gasteiger partial charge in [-0.1, -0.05) is 19.8 Å². The molecule has 140 valence electrons. The molecule has 0 aromatic carbocycles. The number of halogens is 3. The Morgan fingerprint density at radius 2 is 1.17 bits per heavy atom. The zero-order valence-corrected chi connectivity index (χ0v) is 14.9. The van der Waals surface area contributed by atoms with Crippen molar-refractivity contribution >= 4 is 0 Å². The van der Waals surface area contributed by atoms with Crippen LogP contribution in [-0.2, 0) is 4.74 Å². The summed E-state index contributed by atoms with van der Waals surface area (Å²) < 4.78 is 43.2. The molecule has 3 saturated carbocycles. The normalized spacial score (nSPS) is 44.6. The molecule has 3 fully saturated rings. The maximum atomic E-state index is 14.2. The predicted octanol–water partition coefficient (Wildman–Crippen LogP) is 6.37. The molecule has 0 bridgehead atoms. The van der Waals surface area contributed by atoms with Crippen LogP contribution in [0.3, 0.4) is 0 Å². The van der Waals surface area contributed by atoms with Crippen LogP contribution in [0, 0.1) is 29.6 Å². The fourth-order valence-corrected chi connectivity index (χ4v) is 5.68. The lowest BCUT2D eigenvalue weighted by molar-refractivity contribution is -0.190. The van der Waals surface area contributed by atoms with Crippen LogP contribution >= 0.6 is 0 Å². The Kier molecular flexibility index (Phi) is 6.50. The van der Waals surface area contributed by atoms with Crippen LogP contribution in [0.1, 0.15) is 77.6 Å². The molecule has 3 atom stereocenters. The Labute approximate surface area is 144 Å². The predicted molar refractivity (Wildman–Crippen MR) is 89.7 cm³/mol. The third kappa shape index (κ3) is 4.68. The van der Waals surface area contributed by atoms with Crippen LogP contribution in [0.2, 0.25) is 0 Å². The number of rotatable bonds is 4. The molecule has 3 aliphatic carbocycles. The van der Waals surface area contributed by atoms with Gasteiger partial charge in [0.05, 0.1) is 6.10 Å². The summed E-state index contributed by atoms with van der Waals surface area (Å²) >= 11 is 0. The fraction of sp³-hybridized carbons (Fsp3) is 1.00. The molecule has 0 aliphatic heterocycles. The molecule has 24 heavy (non-hydrogen) atoms. The topological polar surface area (TPSA) is 9.23 Å². The van der Waals surface area contributed by atoms with Crippen LogP contribution in [0.25, 0.3) is 0 Å². The molecule has 0 N–H and O–H groups in total. The lowest BCUT2D eigenvalue weighted by Gasteiger charge is -2.41. The van der Waals surface area contributed by atoms with E-state index in [0.29, 0.717) is 24.7 Å². The van der Waals surface area contributed by atoms with Gasteiger partial charge in [0.2, 0.25) is 0 Å². The van der Waals surface area contributed by atoms with Crippen molar-refractivity contribution in [2.24, 2.45) is 29.6 Å². The monoisotopic (exact) mass is 346 g/mol. The van der Waals surface area contributed by atoms with E-state index in [9.17, 15) is 13.2 Å². The van der Waals surface area contributed by atoms with Crippen molar-refractivity contribution in [3.05, 3.63) is 0 Å². The molecule has 3 rings (SSSR count). The Hall–Kier alpha value is -0.250. The molecule has 0 amide bonds. The van der Waals surface area contributed by atoms with Crippen LogP contribution in [0.15, 0.2) is 0 Å². The van der Waals surface area contributed by atoms with Crippen LogP contribution in [0.5, 0.6) is 0 Å². The van der Waals surface area contributed by atoms with Crippen molar-refractivity contribution in [1.82, 2.24) is 0 Å². The average molecular weight is 346 g/mol. The minimum atomic E-state index is -2.85. The second-order valence-electron chi connectivity index (χ2n) is 8.72. The molecule has 1 nitrogen and oxygen atoms in total. The van der Waals surface area contributed by atoms with E-state index >= 15 is 0 Å². The second-order valence-corrected chi connectivity index (χ2v) is 8.72. The van der Waals surface area contributed by atoms with Gasteiger partial charge in [-0.15, -0.1) is 0 Å². The zero-order valence-electron chi connectivity index (χ0n) is 14.9. The molecule has 0 aromatic heterocycles. The van der Waals surface area contributed by atoms with E-state index in [-0.39, 0.29) is 0 Å². The summed E-state index contributed by atoms with van der Waals surface area (Å²) in [5.41, 5.74) is 0. The smallest absolute Gasteiger partial charge is 0.317 e. The van der Waals surface area contributed by atoms with Gasteiger partial charge in [-0.25, -0.2) is 4.39 Å². The van der Waals surface area contributed by atoms with E-state index < -0.39 is 18.9 Å². The molecular formula is C20H33F3O. The van der Waals surface area contributed by atoms with Gasteiger partial charge in [0, 0.05) is 0 Å². The Morgan fingerprint density at radius 3 is 1.67 bits per heavy atom. The van der Waals surface area contributed by atoms with Crippen molar-refractivity contribution in [1.29, 1.82) is 0 Å².